The molecule has 0 aromatic heterocycles. The molecule has 2 aliphatic rings. The number of benzene rings is 3. The van der Waals surface area contributed by atoms with Crippen LogP contribution in [0.5, 0.6) is 0 Å². The summed E-state index contributed by atoms with van der Waals surface area (Å²) in [7, 11) is 0. The lowest BCUT2D eigenvalue weighted by Crippen LogP contribution is -2.26. The van der Waals surface area contributed by atoms with Gasteiger partial charge in [-0.15, -0.1) is 0 Å². The zero-order chi connectivity index (χ0) is 17.5. The van der Waals surface area contributed by atoms with E-state index in [4.69, 9.17) is 0 Å². The molecule has 1 fully saturated rings. The van der Waals surface area contributed by atoms with Gasteiger partial charge in [-0.1, -0.05) is 66.6 Å². The molecule has 0 spiro atoms. The fourth-order valence-electron chi connectivity index (χ4n) is 4.59. The highest BCUT2D eigenvalue weighted by Gasteiger charge is 2.19. The van der Waals surface area contributed by atoms with Crippen LogP contribution in [0.2, 0.25) is 0 Å². The SMILES string of the molecule is Cc1ccc2c(c1)Cc1cc(-c3cccc(C4CCCCN4)c3)ccc1-2. The van der Waals surface area contributed by atoms with Crippen molar-refractivity contribution in [3.05, 3.63) is 82.9 Å². The Morgan fingerprint density at radius 1 is 0.808 bits per heavy atom. The number of hydrogen-bond donors (Lipinski definition) is 1. The molecule has 1 heterocycles. The minimum atomic E-state index is 0.519. The normalized spacial score (nSPS) is 18.4. The second-order valence-corrected chi connectivity index (χ2v) is 7.84. The monoisotopic (exact) mass is 339 g/mol. The number of rotatable bonds is 2. The van der Waals surface area contributed by atoms with Gasteiger partial charge in [-0.3, -0.25) is 0 Å². The van der Waals surface area contributed by atoms with Crippen LogP contribution in [0.1, 0.15) is 47.6 Å². The van der Waals surface area contributed by atoms with Crippen LogP contribution in [0.3, 0.4) is 0 Å². The zero-order valence-electron chi connectivity index (χ0n) is 15.4. The minimum absolute atomic E-state index is 0.519. The summed E-state index contributed by atoms with van der Waals surface area (Å²) in [6, 6.07) is 23.5. The number of hydrogen-bond acceptors (Lipinski definition) is 1. The summed E-state index contributed by atoms with van der Waals surface area (Å²) in [6.45, 7) is 3.32. The maximum atomic E-state index is 3.67. The maximum Gasteiger partial charge on any atom is 0.0320 e. The summed E-state index contributed by atoms with van der Waals surface area (Å²) < 4.78 is 0. The number of nitrogens with one attached hydrogen (secondary N) is 1. The topological polar surface area (TPSA) is 12.0 Å². The van der Waals surface area contributed by atoms with Crippen LogP contribution in [0, 0.1) is 6.92 Å². The molecule has 1 N–H and O–H groups in total. The standard InChI is InChI=1S/C25H25N/c1-17-8-10-23-21(13-17)16-22-15-19(9-11-24(22)23)18-5-4-6-20(14-18)25-7-2-3-12-26-25/h4-6,8-11,13-15,25-26H,2-3,7,12,16H2,1H3. The van der Waals surface area contributed by atoms with Crippen LogP contribution in [0.15, 0.2) is 60.7 Å². The lowest BCUT2D eigenvalue weighted by Gasteiger charge is -2.24. The summed E-state index contributed by atoms with van der Waals surface area (Å²) >= 11 is 0. The van der Waals surface area contributed by atoms with Gasteiger partial charge in [0, 0.05) is 6.04 Å². The highest BCUT2D eigenvalue weighted by molar-refractivity contribution is 5.80. The van der Waals surface area contributed by atoms with Gasteiger partial charge >= 0.3 is 0 Å². The average Bonchev–Trinajstić information content (AvgIpc) is 3.05. The fraction of sp³-hybridized carbons (Fsp3) is 0.280. The van der Waals surface area contributed by atoms with Crippen molar-refractivity contribution in [3.8, 4) is 22.3 Å². The van der Waals surface area contributed by atoms with Crippen molar-refractivity contribution < 1.29 is 0 Å². The molecule has 3 aromatic carbocycles. The van der Waals surface area contributed by atoms with Crippen LogP contribution in [-0.4, -0.2) is 6.54 Å². The van der Waals surface area contributed by atoms with E-state index in [1.54, 1.807) is 0 Å². The van der Waals surface area contributed by atoms with Gasteiger partial charge in [-0.2, -0.15) is 0 Å². The Kier molecular flexibility index (Phi) is 3.90. The first-order chi connectivity index (χ1) is 12.8. The van der Waals surface area contributed by atoms with E-state index in [-0.39, 0.29) is 0 Å². The van der Waals surface area contributed by atoms with Crippen molar-refractivity contribution in [2.24, 2.45) is 0 Å². The van der Waals surface area contributed by atoms with Gasteiger partial charge in [-0.25, -0.2) is 0 Å². The molecule has 1 nitrogen and oxygen atoms in total. The zero-order valence-corrected chi connectivity index (χ0v) is 15.4. The summed E-state index contributed by atoms with van der Waals surface area (Å²) in [4.78, 5) is 0. The van der Waals surface area contributed by atoms with E-state index in [9.17, 15) is 0 Å². The highest BCUT2D eigenvalue weighted by atomic mass is 14.9. The number of aryl methyl sites for hydroxylation is 1. The Morgan fingerprint density at radius 3 is 2.46 bits per heavy atom. The molecular formula is C25H25N. The average molecular weight is 339 g/mol. The first-order valence-corrected chi connectivity index (χ1v) is 9.84. The van der Waals surface area contributed by atoms with E-state index in [1.807, 2.05) is 0 Å². The summed E-state index contributed by atoms with van der Waals surface area (Å²) in [5.41, 5.74) is 11.2. The maximum absolute atomic E-state index is 3.67. The van der Waals surface area contributed by atoms with Crippen LogP contribution in [0.25, 0.3) is 22.3 Å². The Balaban J connectivity index is 1.49. The Hall–Kier alpha value is -2.38. The van der Waals surface area contributed by atoms with Gasteiger partial charge in [0.25, 0.3) is 0 Å². The molecule has 0 saturated carbocycles. The molecule has 1 saturated heterocycles. The first kappa shape index (κ1) is 15.8. The van der Waals surface area contributed by atoms with Crippen LogP contribution in [-0.2, 0) is 6.42 Å². The van der Waals surface area contributed by atoms with Crippen molar-refractivity contribution in [1.29, 1.82) is 0 Å². The third kappa shape index (κ3) is 2.77. The Bertz CT molecular complexity index is 964. The first-order valence-electron chi connectivity index (χ1n) is 9.84. The van der Waals surface area contributed by atoms with Crippen LogP contribution in [0.4, 0.5) is 0 Å². The molecule has 26 heavy (non-hydrogen) atoms. The predicted octanol–water partition coefficient (Wildman–Crippen LogP) is 6.05. The van der Waals surface area contributed by atoms with Crippen LogP contribution < -0.4 is 5.32 Å². The quantitative estimate of drug-likeness (QED) is 0.469. The molecule has 3 aromatic rings. The van der Waals surface area contributed by atoms with E-state index >= 15 is 0 Å². The lowest BCUT2D eigenvalue weighted by atomic mass is 9.93. The second-order valence-electron chi connectivity index (χ2n) is 7.84. The summed E-state index contributed by atoms with van der Waals surface area (Å²) in [5.74, 6) is 0. The lowest BCUT2D eigenvalue weighted by molar-refractivity contribution is 0.412. The third-order valence-electron chi connectivity index (χ3n) is 5.97. The largest absolute Gasteiger partial charge is 0.310 e. The van der Waals surface area contributed by atoms with Crippen molar-refractivity contribution >= 4 is 0 Å². The number of piperidine rings is 1. The van der Waals surface area contributed by atoms with Gasteiger partial charge < -0.3 is 5.32 Å². The molecule has 130 valence electrons. The van der Waals surface area contributed by atoms with Gasteiger partial charge in [-0.05, 0) is 77.7 Å². The van der Waals surface area contributed by atoms with Gasteiger partial charge in [0.2, 0.25) is 0 Å². The van der Waals surface area contributed by atoms with E-state index in [2.05, 4.69) is 72.9 Å². The Morgan fingerprint density at radius 2 is 1.62 bits per heavy atom. The summed E-state index contributed by atoms with van der Waals surface area (Å²) in [6.07, 6.45) is 4.95. The van der Waals surface area contributed by atoms with Gasteiger partial charge in [0.15, 0.2) is 0 Å². The molecule has 5 rings (SSSR count). The molecule has 1 heteroatoms. The molecule has 0 bridgehead atoms. The molecule has 1 aliphatic heterocycles. The molecule has 1 aliphatic carbocycles. The van der Waals surface area contributed by atoms with E-state index in [0.29, 0.717) is 6.04 Å². The van der Waals surface area contributed by atoms with Crippen molar-refractivity contribution in [2.75, 3.05) is 6.54 Å². The molecular weight excluding hydrogens is 314 g/mol. The van der Waals surface area contributed by atoms with Gasteiger partial charge in [0.1, 0.15) is 0 Å². The smallest absolute Gasteiger partial charge is 0.0320 e. The van der Waals surface area contributed by atoms with E-state index < -0.39 is 0 Å². The molecule has 0 amide bonds. The van der Waals surface area contributed by atoms with Gasteiger partial charge in [0.05, 0.1) is 0 Å². The van der Waals surface area contributed by atoms with Crippen LogP contribution >= 0.6 is 0 Å². The van der Waals surface area contributed by atoms with Crippen molar-refractivity contribution in [1.82, 2.24) is 5.32 Å². The number of fused-ring (bicyclic) bond motifs is 3. The second kappa shape index (κ2) is 6.41. The molecule has 1 atom stereocenters. The van der Waals surface area contributed by atoms with E-state index in [0.717, 1.165) is 13.0 Å². The predicted molar refractivity (Wildman–Crippen MR) is 109 cm³/mol. The third-order valence-corrected chi connectivity index (χ3v) is 5.97. The minimum Gasteiger partial charge on any atom is -0.310 e. The Labute approximate surface area is 156 Å². The van der Waals surface area contributed by atoms with E-state index in [1.165, 1.54) is 63.8 Å². The summed E-state index contributed by atoms with van der Waals surface area (Å²) in [5, 5.41) is 3.67. The van der Waals surface area contributed by atoms with Crippen molar-refractivity contribution in [2.45, 2.75) is 38.6 Å². The molecule has 0 radical (unpaired) electrons. The highest BCUT2D eigenvalue weighted by Crippen LogP contribution is 2.39. The molecule has 1 unspecified atom stereocenters. The fourth-order valence-corrected chi connectivity index (χ4v) is 4.59. The van der Waals surface area contributed by atoms with Crippen molar-refractivity contribution in [3.63, 3.8) is 0 Å².